The third kappa shape index (κ3) is 2.87. The Kier molecular flexibility index (Phi) is 4.32. The van der Waals surface area contributed by atoms with E-state index in [0.717, 1.165) is 30.4 Å². The number of rotatable bonds is 4. The molecule has 0 spiro atoms. The molecule has 25 heavy (non-hydrogen) atoms. The highest BCUT2D eigenvalue weighted by atomic mass is 16.4. The molecule has 4 N–H and O–H groups in total. The van der Waals surface area contributed by atoms with Gasteiger partial charge in [0.15, 0.2) is 0 Å². The molecule has 1 aliphatic heterocycles. The predicted molar refractivity (Wildman–Crippen MR) is 96.0 cm³/mol. The van der Waals surface area contributed by atoms with Crippen molar-refractivity contribution in [1.29, 1.82) is 0 Å². The van der Waals surface area contributed by atoms with Gasteiger partial charge in [-0.1, -0.05) is 6.92 Å². The fourth-order valence-corrected chi connectivity index (χ4v) is 5.77. The number of aliphatic carboxylic acids is 1. The number of fused-ring (bicyclic) bond motifs is 1. The van der Waals surface area contributed by atoms with Gasteiger partial charge in [-0.2, -0.15) is 0 Å². The van der Waals surface area contributed by atoms with Crippen molar-refractivity contribution in [1.82, 2.24) is 10.3 Å². The van der Waals surface area contributed by atoms with Crippen molar-refractivity contribution in [3.8, 4) is 0 Å². The number of hydrogen-bond donors (Lipinski definition) is 3. The van der Waals surface area contributed by atoms with Crippen LogP contribution in [0.2, 0.25) is 0 Å². The van der Waals surface area contributed by atoms with E-state index in [1.807, 2.05) is 6.20 Å². The van der Waals surface area contributed by atoms with Gasteiger partial charge in [0.1, 0.15) is 0 Å². The van der Waals surface area contributed by atoms with Crippen molar-refractivity contribution in [2.45, 2.75) is 63.5 Å². The summed E-state index contributed by atoms with van der Waals surface area (Å²) in [5, 5.41) is 12.8. The van der Waals surface area contributed by atoms with Gasteiger partial charge in [0, 0.05) is 29.9 Å². The zero-order valence-corrected chi connectivity index (χ0v) is 15.0. The Hall–Kier alpha value is -1.46. The third-order valence-corrected chi connectivity index (χ3v) is 6.73. The fourth-order valence-electron chi connectivity index (χ4n) is 5.77. The van der Waals surface area contributed by atoms with E-state index in [4.69, 9.17) is 15.8 Å². The molecule has 1 saturated heterocycles. The largest absolute Gasteiger partial charge is 0.481 e. The van der Waals surface area contributed by atoms with Crippen LogP contribution in [0, 0.1) is 17.8 Å². The van der Waals surface area contributed by atoms with Crippen LogP contribution < -0.4 is 11.1 Å². The quantitative estimate of drug-likeness (QED) is 0.782. The van der Waals surface area contributed by atoms with E-state index in [9.17, 15) is 4.79 Å². The van der Waals surface area contributed by atoms with Crippen LogP contribution >= 0.6 is 0 Å². The SMILES string of the molecule is C[C@@H]1C[C@H]2Cc3ncc(C(N)CCC(=O)O)cc3[C@]3(C1)NCCC[C@H]23. The summed E-state index contributed by atoms with van der Waals surface area (Å²) in [4.78, 5) is 15.6. The predicted octanol–water partition coefficient (Wildman–Crippen LogP) is 2.74. The van der Waals surface area contributed by atoms with Crippen LogP contribution in [0.3, 0.4) is 0 Å². The van der Waals surface area contributed by atoms with Crippen LogP contribution in [-0.4, -0.2) is 22.6 Å². The maximum absolute atomic E-state index is 10.9. The molecular formula is C20H29N3O2. The first kappa shape index (κ1) is 17.0. The minimum atomic E-state index is -0.794. The van der Waals surface area contributed by atoms with Crippen LogP contribution in [0.15, 0.2) is 12.3 Å². The Bertz CT molecular complexity index is 677. The van der Waals surface area contributed by atoms with Gasteiger partial charge in [-0.15, -0.1) is 0 Å². The van der Waals surface area contributed by atoms with Crippen molar-refractivity contribution in [2.24, 2.45) is 23.5 Å². The Morgan fingerprint density at radius 1 is 1.56 bits per heavy atom. The molecule has 3 aliphatic rings. The van der Waals surface area contributed by atoms with Gasteiger partial charge < -0.3 is 16.2 Å². The number of carboxylic acid groups (broad SMARTS) is 1. The molecular weight excluding hydrogens is 314 g/mol. The third-order valence-electron chi connectivity index (χ3n) is 6.73. The van der Waals surface area contributed by atoms with Gasteiger partial charge in [-0.05, 0) is 80.0 Å². The molecule has 4 rings (SSSR count). The second kappa shape index (κ2) is 6.36. The van der Waals surface area contributed by atoms with E-state index in [2.05, 4.69) is 18.3 Å². The highest BCUT2D eigenvalue weighted by molar-refractivity contribution is 5.66. The summed E-state index contributed by atoms with van der Waals surface area (Å²) < 4.78 is 0. The van der Waals surface area contributed by atoms with Crippen LogP contribution in [0.5, 0.6) is 0 Å². The lowest BCUT2D eigenvalue weighted by molar-refractivity contribution is -0.137. The standard InChI is InChI=1S/C20H29N3O2/c1-12-7-13-9-18-16(20(10-12)15(13)3-2-6-23-20)8-14(11-22-18)17(21)4-5-19(24)25/h8,11-13,15,17,23H,2-7,9-10,21H2,1H3,(H,24,25)/t12-,13+,15-,17?,20-/m1/s1. The molecule has 0 aromatic carbocycles. The van der Waals surface area contributed by atoms with Gasteiger partial charge in [-0.3, -0.25) is 9.78 Å². The Labute approximate surface area is 149 Å². The van der Waals surface area contributed by atoms with Gasteiger partial charge in [0.25, 0.3) is 0 Å². The first-order valence-corrected chi connectivity index (χ1v) is 9.71. The second-order valence-corrected chi connectivity index (χ2v) is 8.46. The number of carbonyl (C=O) groups is 1. The monoisotopic (exact) mass is 343 g/mol. The molecule has 1 aromatic heterocycles. The number of piperidine rings is 1. The highest BCUT2D eigenvalue weighted by Crippen LogP contribution is 2.55. The lowest BCUT2D eigenvalue weighted by atomic mass is 9.54. The summed E-state index contributed by atoms with van der Waals surface area (Å²) in [7, 11) is 0. The zero-order chi connectivity index (χ0) is 17.6. The molecule has 5 heteroatoms. The zero-order valence-electron chi connectivity index (χ0n) is 15.0. The number of carboxylic acids is 1. The maximum Gasteiger partial charge on any atom is 0.303 e. The molecule has 1 unspecified atom stereocenters. The van der Waals surface area contributed by atoms with E-state index in [1.54, 1.807) is 0 Å². The fraction of sp³-hybridized carbons (Fsp3) is 0.700. The van der Waals surface area contributed by atoms with Crippen molar-refractivity contribution in [3.05, 3.63) is 29.1 Å². The van der Waals surface area contributed by atoms with E-state index in [-0.39, 0.29) is 18.0 Å². The van der Waals surface area contributed by atoms with E-state index in [0.29, 0.717) is 12.3 Å². The average Bonchev–Trinajstić information content (AvgIpc) is 2.59. The van der Waals surface area contributed by atoms with Crippen LogP contribution in [0.25, 0.3) is 0 Å². The first-order valence-electron chi connectivity index (χ1n) is 9.71. The molecule has 2 fully saturated rings. The summed E-state index contributed by atoms with van der Waals surface area (Å²) in [5.41, 5.74) is 9.90. The van der Waals surface area contributed by atoms with Crippen molar-refractivity contribution >= 4 is 5.97 Å². The summed E-state index contributed by atoms with van der Waals surface area (Å²) >= 11 is 0. The first-order chi connectivity index (χ1) is 12.0. The maximum atomic E-state index is 10.9. The smallest absolute Gasteiger partial charge is 0.303 e. The van der Waals surface area contributed by atoms with E-state index >= 15 is 0 Å². The van der Waals surface area contributed by atoms with Gasteiger partial charge in [0.2, 0.25) is 0 Å². The molecule has 2 heterocycles. The van der Waals surface area contributed by atoms with Crippen LogP contribution in [-0.2, 0) is 16.8 Å². The van der Waals surface area contributed by atoms with Gasteiger partial charge >= 0.3 is 5.97 Å². The lowest BCUT2D eigenvalue weighted by Crippen LogP contribution is -2.60. The molecule has 5 atom stereocenters. The number of pyridine rings is 1. The number of nitrogens with two attached hydrogens (primary N) is 1. The average molecular weight is 343 g/mol. The van der Waals surface area contributed by atoms with Gasteiger partial charge in [-0.25, -0.2) is 0 Å². The summed E-state index contributed by atoms with van der Waals surface area (Å²) in [6.07, 6.45) is 8.58. The molecule has 0 radical (unpaired) electrons. The molecule has 1 saturated carbocycles. The summed E-state index contributed by atoms with van der Waals surface area (Å²) in [6, 6.07) is 1.99. The van der Waals surface area contributed by atoms with Crippen molar-refractivity contribution < 1.29 is 9.90 Å². The lowest BCUT2D eigenvalue weighted by Gasteiger charge is -2.57. The number of nitrogens with one attached hydrogen (secondary N) is 1. The Morgan fingerprint density at radius 2 is 2.40 bits per heavy atom. The second-order valence-electron chi connectivity index (χ2n) is 8.46. The number of hydrogen-bond acceptors (Lipinski definition) is 4. The van der Waals surface area contributed by atoms with Gasteiger partial charge in [0.05, 0.1) is 0 Å². The van der Waals surface area contributed by atoms with Crippen LogP contribution in [0.1, 0.15) is 68.3 Å². The van der Waals surface area contributed by atoms with Crippen molar-refractivity contribution in [2.75, 3.05) is 6.54 Å². The molecule has 5 nitrogen and oxygen atoms in total. The molecule has 136 valence electrons. The molecule has 1 aromatic rings. The summed E-state index contributed by atoms with van der Waals surface area (Å²) in [6.45, 7) is 3.45. The van der Waals surface area contributed by atoms with E-state index in [1.165, 1.54) is 36.9 Å². The minimum Gasteiger partial charge on any atom is -0.481 e. The summed E-state index contributed by atoms with van der Waals surface area (Å²) in [5.74, 6) is 1.38. The molecule has 2 aliphatic carbocycles. The topological polar surface area (TPSA) is 88.2 Å². The minimum absolute atomic E-state index is 0.0592. The Morgan fingerprint density at radius 3 is 3.20 bits per heavy atom. The highest BCUT2D eigenvalue weighted by Gasteiger charge is 2.53. The Balaban J connectivity index is 1.71. The number of nitrogens with zero attached hydrogens (tertiary/aromatic N) is 1. The molecule has 2 bridgehead atoms. The normalized spacial score (nSPS) is 34.7. The van der Waals surface area contributed by atoms with E-state index < -0.39 is 5.97 Å². The van der Waals surface area contributed by atoms with Crippen LogP contribution in [0.4, 0.5) is 0 Å². The number of aromatic nitrogens is 1. The van der Waals surface area contributed by atoms with Crippen molar-refractivity contribution in [3.63, 3.8) is 0 Å². The molecule has 0 amide bonds.